The molecule has 0 radical (unpaired) electrons. The molecule has 0 aliphatic carbocycles. The first kappa shape index (κ1) is 12.7. The van der Waals surface area contributed by atoms with Crippen molar-refractivity contribution in [2.24, 2.45) is 5.92 Å². The van der Waals surface area contributed by atoms with E-state index in [0.717, 1.165) is 5.56 Å². The number of hydroxylamine groups is 1. The first-order valence-electron chi connectivity index (χ1n) is 5.34. The van der Waals surface area contributed by atoms with Crippen LogP contribution in [-0.2, 0) is 16.2 Å². The largest absolute Gasteiger partial charge is 0.319 e. The Morgan fingerprint density at radius 2 is 2.06 bits per heavy atom. The average molecular weight is 222 g/mol. The molecule has 4 nitrogen and oxygen atoms in total. The summed E-state index contributed by atoms with van der Waals surface area (Å²) in [6, 6.07) is 9.71. The van der Waals surface area contributed by atoms with Crippen molar-refractivity contribution in [3.63, 3.8) is 0 Å². The molecular weight excluding hydrogens is 204 g/mol. The van der Waals surface area contributed by atoms with Gasteiger partial charge in [-0.25, -0.2) is 5.48 Å². The number of amides is 1. The Labute approximate surface area is 95.9 Å². The van der Waals surface area contributed by atoms with E-state index in [1.165, 1.54) is 0 Å². The number of nitrogens with one attached hydrogen (secondary N) is 2. The molecule has 0 aliphatic rings. The highest BCUT2D eigenvalue weighted by Gasteiger charge is 2.11. The zero-order valence-electron chi connectivity index (χ0n) is 9.69. The van der Waals surface area contributed by atoms with Crippen LogP contribution in [0.5, 0.6) is 0 Å². The summed E-state index contributed by atoms with van der Waals surface area (Å²) in [5.41, 5.74) is 3.47. The quantitative estimate of drug-likeness (QED) is 0.708. The highest BCUT2D eigenvalue weighted by atomic mass is 16.6. The molecule has 0 heterocycles. The second-order valence-electron chi connectivity index (χ2n) is 3.70. The normalized spacial score (nSPS) is 12.1. The van der Waals surface area contributed by atoms with Crippen molar-refractivity contribution in [1.29, 1.82) is 0 Å². The maximum Gasteiger partial charge on any atom is 0.247 e. The summed E-state index contributed by atoms with van der Waals surface area (Å²) in [5.74, 6) is -0.203. The van der Waals surface area contributed by atoms with E-state index in [0.29, 0.717) is 13.2 Å². The molecule has 1 rings (SSSR count). The summed E-state index contributed by atoms with van der Waals surface area (Å²) < 4.78 is 0. The maximum absolute atomic E-state index is 11.4. The second kappa shape index (κ2) is 6.98. The SMILES string of the molecule is CNCC(C)C(=O)NOCc1ccccc1. The van der Waals surface area contributed by atoms with Gasteiger partial charge in [0.2, 0.25) is 5.91 Å². The molecular formula is C12H18N2O2. The molecule has 0 fully saturated rings. The minimum Gasteiger partial charge on any atom is -0.319 e. The van der Waals surface area contributed by atoms with E-state index in [9.17, 15) is 4.79 Å². The fraction of sp³-hybridized carbons (Fsp3) is 0.417. The van der Waals surface area contributed by atoms with Crippen LogP contribution in [0.15, 0.2) is 30.3 Å². The van der Waals surface area contributed by atoms with Crippen LogP contribution >= 0.6 is 0 Å². The maximum atomic E-state index is 11.4. The third-order valence-electron chi connectivity index (χ3n) is 2.21. The molecule has 16 heavy (non-hydrogen) atoms. The summed E-state index contributed by atoms with van der Waals surface area (Å²) in [6.45, 7) is 2.87. The minimum atomic E-state index is -0.106. The standard InChI is InChI=1S/C12H18N2O2/c1-10(8-13-2)12(15)14-16-9-11-6-4-3-5-7-11/h3-7,10,13H,8-9H2,1-2H3,(H,14,15). The fourth-order valence-electron chi connectivity index (χ4n) is 1.26. The monoisotopic (exact) mass is 222 g/mol. The van der Waals surface area contributed by atoms with Gasteiger partial charge in [-0.2, -0.15) is 0 Å². The molecule has 0 bridgehead atoms. The number of hydrogen-bond donors (Lipinski definition) is 2. The Morgan fingerprint density at radius 1 is 1.38 bits per heavy atom. The van der Waals surface area contributed by atoms with Gasteiger partial charge >= 0.3 is 0 Å². The minimum absolute atomic E-state index is 0.0965. The Morgan fingerprint density at radius 3 is 2.69 bits per heavy atom. The average Bonchev–Trinajstić information content (AvgIpc) is 2.30. The Kier molecular flexibility index (Phi) is 5.53. The molecule has 2 N–H and O–H groups in total. The van der Waals surface area contributed by atoms with Crippen LogP contribution in [0.3, 0.4) is 0 Å². The van der Waals surface area contributed by atoms with E-state index in [2.05, 4.69) is 10.8 Å². The van der Waals surface area contributed by atoms with Crippen molar-refractivity contribution in [1.82, 2.24) is 10.8 Å². The zero-order chi connectivity index (χ0) is 11.8. The molecule has 0 aromatic heterocycles. The first-order valence-corrected chi connectivity index (χ1v) is 5.34. The summed E-state index contributed by atoms with van der Waals surface area (Å²) in [4.78, 5) is 16.6. The fourth-order valence-corrected chi connectivity index (χ4v) is 1.26. The number of carbonyl (C=O) groups is 1. The van der Waals surface area contributed by atoms with Crippen molar-refractivity contribution in [3.05, 3.63) is 35.9 Å². The Balaban J connectivity index is 2.23. The van der Waals surface area contributed by atoms with E-state index in [1.54, 1.807) is 0 Å². The topological polar surface area (TPSA) is 50.4 Å². The smallest absolute Gasteiger partial charge is 0.247 e. The number of carbonyl (C=O) groups excluding carboxylic acids is 1. The van der Waals surface area contributed by atoms with Gasteiger partial charge in [0.25, 0.3) is 0 Å². The highest BCUT2D eigenvalue weighted by molar-refractivity contribution is 5.77. The van der Waals surface area contributed by atoms with Crippen LogP contribution in [-0.4, -0.2) is 19.5 Å². The highest BCUT2D eigenvalue weighted by Crippen LogP contribution is 1.99. The zero-order valence-corrected chi connectivity index (χ0v) is 9.69. The second-order valence-corrected chi connectivity index (χ2v) is 3.70. The molecule has 0 saturated carbocycles. The third-order valence-corrected chi connectivity index (χ3v) is 2.21. The van der Waals surface area contributed by atoms with Crippen molar-refractivity contribution in [2.75, 3.05) is 13.6 Å². The molecule has 1 atom stereocenters. The van der Waals surface area contributed by atoms with Gasteiger partial charge in [-0.1, -0.05) is 37.3 Å². The summed E-state index contributed by atoms with van der Waals surface area (Å²) >= 11 is 0. The summed E-state index contributed by atoms with van der Waals surface area (Å²) in [7, 11) is 1.81. The summed E-state index contributed by atoms with van der Waals surface area (Å²) in [6.07, 6.45) is 0. The first-order chi connectivity index (χ1) is 7.74. The van der Waals surface area contributed by atoms with E-state index in [-0.39, 0.29) is 11.8 Å². The van der Waals surface area contributed by atoms with E-state index in [1.807, 2.05) is 44.3 Å². The lowest BCUT2D eigenvalue weighted by Gasteiger charge is -2.11. The van der Waals surface area contributed by atoms with Crippen molar-refractivity contribution >= 4 is 5.91 Å². The van der Waals surface area contributed by atoms with Crippen LogP contribution in [0.25, 0.3) is 0 Å². The lowest BCUT2D eigenvalue weighted by Crippen LogP contribution is -2.34. The molecule has 1 aromatic rings. The molecule has 0 spiro atoms. The molecule has 4 heteroatoms. The van der Waals surface area contributed by atoms with E-state index >= 15 is 0 Å². The number of hydrogen-bond acceptors (Lipinski definition) is 3. The lowest BCUT2D eigenvalue weighted by molar-refractivity contribution is -0.138. The predicted molar refractivity (Wildman–Crippen MR) is 62.5 cm³/mol. The van der Waals surface area contributed by atoms with Crippen LogP contribution in [0.4, 0.5) is 0 Å². The van der Waals surface area contributed by atoms with Gasteiger partial charge in [0.1, 0.15) is 0 Å². The molecule has 0 aliphatic heterocycles. The molecule has 0 saturated heterocycles. The van der Waals surface area contributed by atoms with Gasteiger partial charge < -0.3 is 5.32 Å². The third kappa shape index (κ3) is 4.42. The van der Waals surface area contributed by atoms with Gasteiger partial charge in [0.05, 0.1) is 6.61 Å². The molecule has 1 unspecified atom stereocenters. The van der Waals surface area contributed by atoms with Crippen molar-refractivity contribution in [2.45, 2.75) is 13.5 Å². The molecule has 1 amide bonds. The van der Waals surface area contributed by atoms with Gasteiger partial charge in [0, 0.05) is 12.5 Å². The number of rotatable bonds is 6. The van der Waals surface area contributed by atoms with Gasteiger partial charge in [-0.3, -0.25) is 9.63 Å². The summed E-state index contributed by atoms with van der Waals surface area (Å²) in [5, 5.41) is 2.94. The van der Waals surface area contributed by atoms with E-state index < -0.39 is 0 Å². The number of benzene rings is 1. The Hall–Kier alpha value is -1.39. The van der Waals surface area contributed by atoms with Crippen molar-refractivity contribution in [3.8, 4) is 0 Å². The van der Waals surface area contributed by atoms with E-state index in [4.69, 9.17) is 4.84 Å². The van der Waals surface area contributed by atoms with Crippen LogP contribution in [0.1, 0.15) is 12.5 Å². The van der Waals surface area contributed by atoms with Crippen LogP contribution < -0.4 is 10.8 Å². The van der Waals surface area contributed by atoms with Crippen LogP contribution in [0.2, 0.25) is 0 Å². The van der Waals surface area contributed by atoms with Gasteiger partial charge in [-0.05, 0) is 12.6 Å². The van der Waals surface area contributed by atoms with Crippen LogP contribution in [0, 0.1) is 5.92 Å². The Bertz CT molecular complexity index is 314. The predicted octanol–water partition coefficient (Wildman–Crippen LogP) is 1.09. The molecule has 88 valence electrons. The van der Waals surface area contributed by atoms with Gasteiger partial charge in [-0.15, -0.1) is 0 Å². The van der Waals surface area contributed by atoms with Crippen molar-refractivity contribution < 1.29 is 9.63 Å². The lowest BCUT2D eigenvalue weighted by atomic mass is 10.2. The van der Waals surface area contributed by atoms with Gasteiger partial charge in [0.15, 0.2) is 0 Å². The molecule has 1 aromatic carbocycles.